The molecule has 1 aliphatic rings. The van der Waals surface area contributed by atoms with Crippen molar-refractivity contribution in [2.45, 2.75) is 38.0 Å². The van der Waals surface area contributed by atoms with Gasteiger partial charge in [0.15, 0.2) is 0 Å². The zero-order valence-electron chi connectivity index (χ0n) is 8.10. The number of benzene rings is 1. The van der Waals surface area contributed by atoms with E-state index in [-0.39, 0.29) is 5.82 Å². The smallest absolute Gasteiger partial charge is 0.128 e. The highest BCUT2D eigenvalue weighted by molar-refractivity contribution is 6.30. The molecule has 0 aromatic heterocycles. The van der Waals surface area contributed by atoms with Crippen molar-refractivity contribution in [2.75, 3.05) is 0 Å². The van der Waals surface area contributed by atoms with Crippen LogP contribution < -0.4 is 0 Å². The van der Waals surface area contributed by atoms with E-state index in [9.17, 15) is 4.39 Å². The lowest BCUT2D eigenvalue weighted by Gasteiger charge is -2.22. The molecule has 1 aliphatic carbocycles. The molecule has 0 heterocycles. The summed E-state index contributed by atoms with van der Waals surface area (Å²) in [5.74, 6) is 0.283. The SMILES string of the molecule is Fc1cc(Cl)ccc1C1CCCCC1. The van der Waals surface area contributed by atoms with Gasteiger partial charge in [-0.3, -0.25) is 0 Å². The van der Waals surface area contributed by atoms with Crippen molar-refractivity contribution < 1.29 is 4.39 Å². The van der Waals surface area contributed by atoms with Crippen LogP contribution in [0.15, 0.2) is 18.2 Å². The summed E-state index contributed by atoms with van der Waals surface area (Å²) >= 11 is 5.72. The van der Waals surface area contributed by atoms with E-state index in [1.807, 2.05) is 6.07 Å². The van der Waals surface area contributed by atoms with E-state index >= 15 is 0 Å². The van der Waals surface area contributed by atoms with Gasteiger partial charge < -0.3 is 0 Å². The first-order valence-electron chi connectivity index (χ1n) is 5.22. The summed E-state index contributed by atoms with van der Waals surface area (Å²) in [7, 11) is 0. The first kappa shape index (κ1) is 9.97. The summed E-state index contributed by atoms with van der Waals surface area (Å²) in [6.07, 6.45) is 6.00. The van der Waals surface area contributed by atoms with E-state index < -0.39 is 0 Å². The third-order valence-corrected chi connectivity index (χ3v) is 3.24. The van der Waals surface area contributed by atoms with Crippen molar-refractivity contribution in [2.24, 2.45) is 0 Å². The van der Waals surface area contributed by atoms with Gasteiger partial charge in [0.2, 0.25) is 0 Å². The fraction of sp³-hybridized carbons (Fsp3) is 0.500. The highest BCUT2D eigenvalue weighted by atomic mass is 35.5. The van der Waals surface area contributed by atoms with Crippen LogP contribution in [0.1, 0.15) is 43.6 Å². The van der Waals surface area contributed by atoms with Gasteiger partial charge in [0.1, 0.15) is 5.82 Å². The highest BCUT2D eigenvalue weighted by Gasteiger charge is 2.18. The Morgan fingerprint density at radius 3 is 2.50 bits per heavy atom. The first-order valence-corrected chi connectivity index (χ1v) is 5.60. The molecule has 1 saturated carbocycles. The van der Waals surface area contributed by atoms with Gasteiger partial charge in [-0.1, -0.05) is 36.9 Å². The lowest BCUT2D eigenvalue weighted by atomic mass is 9.84. The van der Waals surface area contributed by atoms with Gasteiger partial charge in [-0.05, 0) is 36.5 Å². The molecule has 1 aromatic carbocycles. The highest BCUT2D eigenvalue weighted by Crippen LogP contribution is 2.34. The minimum Gasteiger partial charge on any atom is -0.207 e. The average molecular weight is 213 g/mol. The number of halogens is 2. The molecule has 0 saturated heterocycles. The lowest BCUT2D eigenvalue weighted by molar-refractivity contribution is 0.430. The normalized spacial score (nSPS) is 18.4. The Hall–Kier alpha value is -0.560. The van der Waals surface area contributed by atoms with Crippen molar-refractivity contribution in [3.05, 3.63) is 34.6 Å². The molecule has 0 bridgehead atoms. The topological polar surface area (TPSA) is 0 Å². The van der Waals surface area contributed by atoms with E-state index in [1.165, 1.54) is 25.3 Å². The van der Waals surface area contributed by atoms with E-state index in [0.717, 1.165) is 18.4 Å². The van der Waals surface area contributed by atoms with Gasteiger partial charge in [-0.25, -0.2) is 4.39 Å². The molecule has 2 rings (SSSR count). The van der Waals surface area contributed by atoms with Crippen LogP contribution in [0.3, 0.4) is 0 Å². The largest absolute Gasteiger partial charge is 0.207 e. The van der Waals surface area contributed by atoms with Gasteiger partial charge in [-0.2, -0.15) is 0 Å². The maximum atomic E-state index is 13.6. The zero-order valence-corrected chi connectivity index (χ0v) is 8.86. The molecule has 0 nitrogen and oxygen atoms in total. The molecule has 0 atom stereocenters. The van der Waals surface area contributed by atoms with Crippen LogP contribution in [0, 0.1) is 5.82 Å². The molecule has 0 N–H and O–H groups in total. The van der Waals surface area contributed by atoms with Crippen LogP contribution in [0.2, 0.25) is 5.02 Å². The van der Waals surface area contributed by atoms with E-state index in [2.05, 4.69) is 0 Å². The second kappa shape index (κ2) is 4.31. The van der Waals surface area contributed by atoms with Gasteiger partial charge in [0.25, 0.3) is 0 Å². The summed E-state index contributed by atoms with van der Waals surface area (Å²) < 4.78 is 13.6. The maximum absolute atomic E-state index is 13.6. The average Bonchev–Trinajstić information content (AvgIpc) is 2.19. The summed E-state index contributed by atoms with van der Waals surface area (Å²) in [5.41, 5.74) is 0.856. The molecule has 14 heavy (non-hydrogen) atoms. The summed E-state index contributed by atoms with van der Waals surface area (Å²) in [5, 5.41) is 0.488. The zero-order chi connectivity index (χ0) is 9.97. The Kier molecular flexibility index (Phi) is 3.07. The molecular weight excluding hydrogens is 199 g/mol. The van der Waals surface area contributed by atoms with Crippen molar-refractivity contribution >= 4 is 11.6 Å². The lowest BCUT2D eigenvalue weighted by Crippen LogP contribution is -2.06. The Morgan fingerprint density at radius 1 is 1.14 bits per heavy atom. The predicted octanol–water partition coefficient (Wildman–Crippen LogP) is 4.53. The van der Waals surface area contributed by atoms with Gasteiger partial charge in [-0.15, -0.1) is 0 Å². The molecular formula is C12H14ClF. The quantitative estimate of drug-likeness (QED) is 0.642. The molecule has 1 fully saturated rings. The Labute approximate surface area is 89.1 Å². The molecule has 0 aliphatic heterocycles. The molecule has 0 amide bonds. The number of hydrogen-bond donors (Lipinski definition) is 0. The Bertz CT molecular complexity index is 316. The van der Waals surface area contributed by atoms with Crippen LogP contribution in [-0.4, -0.2) is 0 Å². The third kappa shape index (κ3) is 2.09. The fourth-order valence-electron chi connectivity index (χ4n) is 2.25. The second-order valence-corrected chi connectivity index (χ2v) is 4.44. The van der Waals surface area contributed by atoms with E-state index in [0.29, 0.717) is 10.9 Å². The predicted molar refractivity (Wildman–Crippen MR) is 57.2 cm³/mol. The monoisotopic (exact) mass is 212 g/mol. The van der Waals surface area contributed by atoms with Crippen LogP contribution >= 0.6 is 11.6 Å². The Morgan fingerprint density at radius 2 is 1.86 bits per heavy atom. The van der Waals surface area contributed by atoms with E-state index in [4.69, 9.17) is 11.6 Å². The summed E-state index contributed by atoms with van der Waals surface area (Å²) in [6.45, 7) is 0. The minimum atomic E-state index is -0.135. The molecule has 76 valence electrons. The number of rotatable bonds is 1. The maximum Gasteiger partial charge on any atom is 0.128 e. The standard InChI is InChI=1S/C12H14ClF/c13-10-6-7-11(12(14)8-10)9-4-2-1-3-5-9/h6-9H,1-5H2. The van der Waals surface area contributed by atoms with Gasteiger partial charge in [0, 0.05) is 5.02 Å². The van der Waals surface area contributed by atoms with Crippen LogP contribution in [0.25, 0.3) is 0 Å². The minimum absolute atomic E-state index is 0.135. The molecule has 1 aromatic rings. The van der Waals surface area contributed by atoms with Crippen molar-refractivity contribution in [3.8, 4) is 0 Å². The van der Waals surface area contributed by atoms with Crippen molar-refractivity contribution in [1.29, 1.82) is 0 Å². The Balaban J connectivity index is 2.22. The second-order valence-electron chi connectivity index (χ2n) is 4.00. The fourth-order valence-corrected chi connectivity index (χ4v) is 2.40. The summed E-state index contributed by atoms with van der Waals surface area (Å²) in [4.78, 5) is 0. The molecule has 0 spiro atoms. The first-order chi connectivity index (χ1) is 6.77. The van der Waals surface area contributed by atoms with E-state index in [1.54, 1.807) is 6.07 Å². The van der Waals surface area contributed by atoms with Gasteiger partial charge in [0.05, 0.1) is 0 Å². The van der Waals surface area contributed by atoms with Crippen molar-refractivity contribution in [3.63, 3.8) is 0 Å². The van der Waals surface area contributed by atoms with Gasteiger partial charge >= 0.3 is 0 Å². The van der Waals surface area contributed by atoms with Crippen LogP contribution in [0.4, 0.5) is 4.39 Å². The third-order valence-electron chi connectivity index (χ3n) is 3.01. The molecule has 0 radical (unpaired) electrons. The number of hydrogen-bond acceptors (Lipinski definition) is 0. The summed E-state index contributed by atoms with van der Waals surface area (Å²) in [6, 6.07) is 5.05. The van der Waals surface area contributed by atoms with Crippen molar-refractivity contribution in [1.82, 2.24) is 0 Å². The van der Waals surface area contributed by atoms with Crippen LogP contribution in [-0.2, 0) is 0 Å². The molecule has 2 heteroatoms. The molecule has 0 unspecified atom stereocenters. The van der Waals surface area contributed by atoms with Crippen LogP contribution in [0.5, 0.6) is 0 Å².